The second kappa shape index (κ2) is 6.23. The monoisotopic (exact) mass is 354 g/mol. The summed E-state index contributed by atoms with van der Waals surface area (Å²) in [5, 5.41) is 3.55. The smallest absolute Gasteiger partial charge is 0.269 e. The molecule has 1 amide bonds. The van der Waals surface area contributed by atoms with Gasteiger partial charge in [-0.2, -0.15) is 0 Å². The van der Waals surface area contributed by atoms with Gasteiger partial charge in [0, 0.05) is 23.8 Å². The molecule has 0 fully saturated rings. The van der Waals surface area contributed by atoms with Crippen molar-refractivity contribution in [3.63, 3.8) is 0 Å². The number of thiazole rings is 1. The first-order chi connectivity index (χ1) is 9.51. The van der Waals surface area contributed by atoms with Gasteiger partial charge in [-0.05, 0) is 25.1 Å². The SMILES string of the molecule is CCN(C)c1nc(N)c(C(=O)Nc2cccc(Br)c2)s1. The lowest BCUT2D eigenvalue weighted by Gasteiger charge is -2.10. The number of benzene rings is 1. The van der Waals surface area contributed by atoms with Gasteiger partial charge in [-0.3, -0.25) is 4.79 Å². The number of halogens is 1. The van der Waals surface area contributed by atoms with Crippen molar-refractivity contribution < 1.29 is 4.79 Å². The first kappa shape index (κ1) is 14.8. The highest BCUT2D eigenvalue weighted by atomic mass is 79.9. The van der Waals surface area contributed by atoms with Gasteiger partial charge in [-0.25, -0.2) is 4.98 Å². The van der Waals surface area contributed by atoms with E-state index in [0.717, 1.165) is 16.1 Å². The van der Waals surface area contributed by atoms with E-state index in [4.69, 9.17) is 5.73 Å². The molecule has 0 radical (unpaired) electrons. The number of aromatic nitrogens is 1. The maximum absolute atomic E-state index is 12.2. The lowest BCUT2D eigenvalue weighted by atomic mass is 10.3. The van der Waals surface area contributed by atoms with Gasteiger partial charge < -0.3 is 16.0 Å². The Bertz CT molecular complexity index is 629. The fraction of sp³-hybridized carbons (Fsp3) is 0.231. The van der Waals surface area contributed by atoms with Gasteiger partial charge in [-0.15, -0.1) is 0 Å². The number of amides is 1. The number of anilines is 3. The highest BCUT2D eigenvalue weighted by Crippen LogP contribution is 2.28. The van der Waals surface area contributed by atoms with Crippen LogP contribution in [0.5, 0.6) is 0 Å². The predicted molar refractivity (Wildman–Crippen MR) is 87.6 cm³/mol. The molecular weight excluding hydrogens is 340 g/mol. The number of carbonyl (C=O) groups is 1. The number of hydrogen-bond donors (Lipinski definition) is 2. The molecule has 1 heterocycles. The molecule has 1 aromatic heterocycles. The molecule has 20 heavy (non-hydrogen) atoms. The Balaban J connectivity index is 2.19. The van der Waals surface area contributed by atoms with Crippen LogP contribution in [0, 0.1) is 0 Å². The van der Waals surface area contributed by atoms with Crippen LogP contribution in [0.25, 0.3) is 0 Å². The fourth-order valence-electron chi connectivity index (χ4n) is 1.54. The molecule has 0 aliphatic rings. The van der Waals surface area contributed by atoms with Crippen molar-refractivity contribution in [1.29, 1.82) is 0 Å². The number of nitrogens with one attached hydrogen (secondary N) is 1. The Labute approximate surface area is 129 Å². The zero-order valence-electron chi connectivity index (χ0n) is 11.2. The van der Waals surface area contributed by atoms with E-state index in [1.54, 1.807) is 0 Å². The summed E-state index contributed by atoms with van der Waals surface area (Å²) in [4.78, 5) is 18.8. The van der Waals surface area contributed by atoms with Gasteiger partial charge in [-0.1, -0.05) is 33.3 Å². The Morgan fingerprint density at radius 3 is 2.95 bits per heavy atom. The van der Waals surface area contributed by atoms with E-state index in [0.29, 0.717) is 10.6 Å². The van der Waals surface area contributed by atoms with Crippen LogP contribution < -0.4 is 16.0 Å². The summed E-state index contributed by atoms with van der Waals surface area (Å²) in [6.07, 6.45) is 0. The van der Waals surface area contributed by atoms with Crippen molar-refractivity contribution in [2.75, 3.05) is 29.5 Å². The summed E-state index contributed by atoms with van der Waals surface area (Å²) in [6.45, 7) is 2.82. The third-order valence-corrected chi connectivity index (χ3v) is 4.41. The number of nitrogens with zero attached hydrogens (tertiary/aromatic N) is 2. The molecule has 0 aliphatic carbocycles. The molecule has 0 aliphatic heterocycles. The van der Waals surface area contributed by atoms with E-state index < -0.39 is 0 Å². The Morgan fingerprint density at radius 1 is 1.55 bits per heavy atom. The van der Waals surface area contributed by atoms with Gasteiger partial charge in [0.25, 0.3) is 5.91 Å². The molecule has 1 aromatic carbocycles. The van der Waals surface area contributed by atoms with E-state index in [-0.39, 0.29) is 11.7 Å². The van der Waals surface area contributed by atoms with E-state index in [2.05, 4.69) is 26.2 Å². The van der Waals surface area contributed by atoms with E-state index in [9.17, 15) is 4.79 Å². The summed E-state index contributed by atoms with van der Waals surface area (Å²) in [5.74, 6) is 0.0200. The zero-order chi connectivity index (χ0) is 14.7. The Morgan fingerprint density at radius 2 is 2.30 bits per heavy atom. The highest BCUT2D eigenvalue weighted by molar-refractivity contribution is 9.10. The van der Waals surface area contributed by atoms with Crippen molar-refractivity contribution in [2.24, 2.45) is 0 Å². The largest absolute Gasteiger partial charge is 0.382 e. The van der Waals surface area contributed by atoms with Crippen molar-refractivity contribution in [1.82, 2.24) is 4.98 Å². The molecule has 0 bridgehead atoms. The van der Waals surface area contributed by atoms with Crippen LogP contribution in [0.4, 0.5) is 16.6 Å². The molecule has 0 saturated heterocycles. The number of nitrogens with two attached hydrogens (primary N) is 1. The third-order valence-electron chi connectivity index (χ3n) is 2.73. The average molecular weight is 355 g/mol. The normalized spacial score (nSPS) is 10.3. The summed E-state index contributed by atoms with van der Waals surface area (Å²) in [7, 11) is 1.91. The van der Waals surface area contributed by atoms with Crippen LogP contribution in [0.1, 0.15) is 16.6 Å². The van der Waals surface area contributed by atoms with Crippen molar-refractivity contribution in [2.45, 2.75) is 6.92 Å². The molecule has 2 aromatic rings. The van der Waals surface area contributed by atoms with Crippen molar-refractivity contribution in [3.05, 3.63) is 33.6 Å². The second-order valence-electron chi connectivity index (χ2n) is 4.19. The molecule has 3 N–H and O–H groups in total. The first-order valence-electron chi connectivity index (χ1n) is 6.05. The van der Waals surface area contributed by atoms with Gasteiger partial charge in [0.1, 0.15) is 10.7 Å². The summed E-state index contributed by atoms with van der Waals surface area (Å²) < 4.78 is 0.902. The summed E-state index contributed by atoms with van der Waals surface area (Å²) >= 11 is 4.65. The molecule has 0 saturated carbocycles. The van der Waals surface area contributed by atoms with Crippen molar-refractivity contribution >= 4 is 49.8 Å². The lowest BCUT2D eigenvalue weighted by Crippen LogP contribution is -2.15. The lowest BCUT2D eigenvalue weighted by molar-refractivity contribution is 0.103. The molecule has 5 nitrogen and oxygen atoms in total. The molecule has 0 unspecified atom stereocenters. The standard InChI is InChI=1S/C13H15BrN4OS/c1-3-18(2)13-17-11(15)10(20-13)12(19)16-9-6-4-5-8(14)7-9/h4-7H,3,15H2,1-2H3,(H,16,19). The molecule has 106 valence electrons. The maximum Gasteiger partial charge on any atom is 0.269 e. The number of carbonyl (C=O) groups excluding carboxylic acids is 1. The third kappa shape index (κ3) is 3.29. The quantitative estimate of drug-likeness (QED) is 0.884. The van der Waals surface area contributed by atoms with Crippen LogP contribution in [0.2, 0.25) is 0 Å². The van der Waals surface area contributed by atoms with Crippen LogP contribution in [0.15, 0.2) is 28.7 Å². The maximum atomic E-state index is 12.2. The van der Waals surface area contributed by atoms with Crippen LogP contribution in [-0.4, -0.2) is 24.5 Å². The molecule has 0 atom stereocenters. The summed E-state index contributed by atoms with van der Waals surface area (Å²) in [6, 6.07) is 7.39. The van der Waals surface area contributed by atoms with Crippen molar-refractivity contribution in [3.8, 4) is 0 Å². The number of hydrogen-bond acceptors (Lipinski definition) is 5. The van der Waals surface area contributed by atoms with Gasteiger partial charge in [0.15, 0.2) is 5.13 Å². The minimum atomic E-state index is -0.242. The van der Waals surface area contributed by atoms with Gasteiger partial charge in [0.2, 0.25) is 0 Å². The Hall–Kier alpha value is -1.60. The minimum absolute atomic E-state index is 0.242. The average Bonchev–Trinajstić information content (AvgIpc) is 2.80. The number of nitrogen functional groups attached to an aromatic ring is 1. The van der Waals surface area contributed by atoms with Gasteiger partial charge in [0.05, 0.1) is 0 Å². The molecular formula is C13H15BrN4OS. The molecule has 7 heteroatoms. The van der Waals surface area contributed by atoms with E-state index >= 15 is 0 Å². The zero-order valence-corrected chi connectivity index (χ0v) is 13.6. The topological polar surface area (TPSA) is 71.2 Å². The number of rotatable bonds is 4. The second-order valence-corrected chi connectivity index (χ2v) is 6.08. The van der Waals surface area contributed by atoms with Crippen LogP contribution in [-0.2, 0) is 0 Å². The van der Waals surface area contributed by atoms with Crippen LogP contribution >= 0.6 is 27.3 Å². The highest BCUT2D eigenvalue weighted by Gasteiger charge is 2.17. The van der Waals surface area contributed by atoms with Crippen LogP contribution in [0.3, 0.4) is 0 Å². The fourth-order valence-corrected chi connectivity index (χ4v) is 2.84. The van der Waals surface area contributed by atoms with Gasteiger partial charge >= 0.3 is 0 Å². The van der Waals surface area contributed by atoms with E-state index in [1.807, 2.05) is 43.1 Å². The minimum Gasteiger partial charge on any atom is -0.382 e. The molecule has 0 spiro atoms. The Kier molecular flexibility index (Phi) is 4.61. The summed E-state index contributed by atoms with van der Waals surface area (Å²) in [5.41, 5.74) is 6.53. The van der Waals surface area contributed by atoms with E-state index in [1.165, 1.54) is 11.3 Å². The molecule has 2 rings (SSSR count). The predicted octanol–water partition coefficient (Wildman–Crippen LogP) is 3.20. The first-order valence-corrected chi connectivity index (χ1v) is 7.66.